The first kappa shape index (κ1) is 11.1. The highest BCUT2D eigenvalue weighted by Gasteiger charge is 2.38. The van der Waals surface area contributed by atoms with Crippen LogP contribution >= 0.6 is 0 Å². The van der Waals surface area contributed by atoms with Gasteiger partial charge in [-0.25, -0.2) is 0 Å². The Morgan fingerprint density at radius 1 is 1.38 bits per heavy atom. The van der Waals surface area contributed by atoms with Crippen LogP contribution < -0.4 is 5.32 Å². The summed E-state index contributed by atoms with van der Waals surface area (Å²) in [5.41, 5.74) is 2.29. The Morgan fingerprint density at radius 2 is 1.94 bits per heavy atom. The lowest BCUT2D eigenvalue weighted by atomic mass is 9.91. The molecule has 0 spiro atoms. The molecule has 3 heteroatoms. The Bertz CT molecular complexity index is 376. The predicted molar refractivity (Wildman–Crippen MR) is 62.5 cm³/mol. The number of nitrogens with one attached hydrogen (secondary N) is 1. The minimum Gasteiger partial charge on any atom is -0.481 e. The largest absolute Gasteiger partial charge is 0.481 e. The van der Waals surface area contributed by atoms with Crippen molar-refractivity contribution < 1.29 is 9.90 Å². The van der Waals surface area contributed by atoms with Crippen LogP contribution in [0.2, 0.25) is 0 Å². The molecule has 3 nitrogen and oxygen atoms in total. The highest BCUT2D eigenvalue weighted by atomic mass is 16.4. The average molecular weight is 219 g/mol. The molecule has 0 bridgehead atoms. The molecule has 0 heterocycles. The number of hydrogen-bond donors (Lipinski definition) is 2. The number of carboxylic acids is 1. The summed E-state index contributed by atoms with van der Waals surface area (Å²) < 4.78 is 0. The van der Waals surface area contributed by atoms with Crippen molar-refractivity contribution in [2.24, 2.45) is 0 Å². The van der Waals surface area contributed by atoms with E-state index in [2.05, 4.69) is 17.4 Å². The van der Waals surface area contributed by atoms with Crippen molar-refractivity contribution in [3.63, 3.8) is 0 Å². The highest BCUT2D eigenvalue weighted by Crippen LogP contribution is 2.32. The van der Waals surface area contributed by atoms with Gasteiger partial charge in [0, 0.05) is 5.54 Å². The minimum absolute atomic E-state index is 0.190. The van der Waals surface area contributed by atoms with E-state index in [0.717, 1.165) is 19.4 Å². The molecule has 16 heavy (non-hydrogen) atoms. The van der Waals surface area contributed by atoms with Crippen molar-refractivity contribution in [3.8, 4) is 0 Å². The number of benzene rings is 1. The third-order valence-corrected chi connectivity index (χ3v) is 3.22. The zero-order valence-electron chi connectivity index (χ0n) is 9.49. The monoisotopic (exact) mass is 219 g/mol. The van der Waals surface area contributed by atoms with Gasteiger partial charge >= 0.3 is 5.97 Å². The van der Waals surface area contributed by atoms with E-state index in [-0.39, 0.29) is 12.0 Å². The van der Waals surface area contributed by atoms with Crippen LogP contribution in [-0.4, -0.2) is 23.2 Å². The first-order chi connectivity index (χ1) is 7.65. The van der Waals surface area contributed by atoms with Crippen LogP contribution in [0.4, 0.5) is 0 Å². The molecule has 0 atom stereocenters. The summed E-state index contributed by atoms with van der Waals surface area (Å²) in [5.74, 6) is -0.728. The van der Waals surface area contributed by atoms with Crippen molar-refractivity contribution in [1.82, 2.24) is 5.32 Å². The molecule has 2 N–H and O–H groups in total. The van der Waals surface area contributed by atoms with Crippen LogP contribution in [0.25, 0.3) is 0 Å². The van der Waals surface area contributed by atoms with Crippen LogP contribution in [0.5, 0.6) is 0 Å². The fourth-order valence-electron chi connectivity index (χ4n) is 2.67. The van der Waals surface area contributed by atoms with E-state index in [1.807, 2.05) is 19.1 Å². The van der Waals surface area contributed by atoms with Crippen LogP contribution in [-0.2, 0) is 17.6 Å². The molecule has 1 aromatic carbocycles. The lowest BCUT2D eigenvalue weighted by Crippen LogP contribution is -2.47. The van der Waals surface area contributed by atoms with Gasteiger partial charge in [-0.15, -0.1) is 0 Å². The van der Waals surface area contributed by atoms with E-state index < -0.39 is 5.97 Å². The summed E-state index contributed by atoms with van der Waals surface area (Å²) in [5, 5.41) is 12.4. The van der Waals surface area contributed by atoms with E-state index in [0.29, 0.717) is 0 Å². The molecule has 2 rings (SSSR count). The Hall–Kier alpha value is -1.35. The van der Waals surface area contributed by atoms with Gasteiger partial charge in [0.25, 0.3) is 0 Å². The van der Waals surface area contributed by atoms with Gasteiger partial charge < -0.3 is 10.4 Å². The second kappa shape index (κ2) is 4.26. The highest BCUT2D eigenvalue weighted by molar-refractivity contribution is 5.69. The van der Waals surface area contributed by atoms with Crippen molar-refractivity contribution in [1.29, 1.82) is 0 Å². The molecule has 1 aliphatic rings. The van der Waals surface area contributed by atoms with Gasteiger partial charge in [-0.05, 0) is 30.5 Å². The molecular formula is C13H17NO2. The number of carboxylic acid groups (broad SMARTS) is 1. The standard InChI is InChI=1S/C13H17NO2/c1-2-14-13(9-12(15)16)7-10-5-3-4-6-11(10)8-13/h3-6,14H,2,7-9H2,1H3,(H,15,16). The summed E-state index contributed by atoms with van der Waals surface area (Å²) in [6.07, 6.45) is 1.84. The minimum atomic E-state index is -0.728. The maximum Gasteiger partial charge on any atom is 0.305 e. The molecule has 86 valence electrons. The zero-order valence-corrected chi connectivity index (χ0v) is 9.49. The normalized spacial score (nSPS) is 17.1. The number of likely N-dealkylation sites (N-methyl/N-ethyl adjacent to an activating group) is 1. The van der Waals surface area contributed by atoms with E-state index >= 15 is 0 Å². The van der Waals surface area contributed by atoms with Crippen LogP contribution in [0.1, 0.15) is 24.5 Å². The first-order valence-corrected chi connectivity index (χ1v) is 5.69. The maximum atomic E-state index is 10.9. The summed E-state index contributed by atoms with van der Waals surface area (Å²) >= 11 is 0. The lowest BCUT2D eigenvalue weighted by molar-refractivity contribution is -0.138. The van der Waals surface area contributed by atoms with E-state index in [1.165, 1.54) is 11.1 Å². The molecule has 1 aliphatic carbocycles. The Morgan fingerprint density at radius 3 is 2.38 bits per heavy atom. The molecule has 0 saturated carbocycles. The fourth-order valence-corrected chi connectivity index (χ4v) is 2.67. The molecule has 0 fully saturated rings. The number of aliphatic carboxylic acids is 1. The zero-order chi connectivity index (χ0) is 11.6. The van der Waals surface area contributed by atoms with Crippen molar-refractivity contribution in [2.75, 3.05) is 6.54 Å². The number of hydrogen-bond acceptors (Lipinski definition) is 2. The molecule has 0 amide bonds. The van der Waals surface area contributed by atoms with E-state index in [9.17, 15) is 4.79 Å². The van der Waals surface area contributed by atoms with Gasteiger partial charge in [0.2, 0.25) is 0 Å². The third-order valence-electron chi connectivity index (χ3n) is 3.22. The van der Waals surface area contributed by atoms with Gasteiger partial charge in [0.15, 0.2) is 0 Å². The van der Waals surface area contributed by atoms with E-state index in [1.54, 1.807) is 0 Å². The van der Waals surface area contributed by atoms with Gasteiger partial charge in [-0.2, -0.15) is 0 Å². The van der Waals surface area contributed by atoms with Gasteiger partial charge in [0.1, 0.15) is 0 Å². The SMILES string of the molecule is CCNC1(CC(=O)O)Cc2ccccc2C1. The second-order valence-corrected chi connectivity index (χ2v) is 4.50. The molecule has 0 saturated heterocycles. The van der Waals surface area contributed by atoms with Crippen molar-refractivity contribution in [2.45, 2.75) is 31.7 Å². The average Bonchev–Trinajstić information content (AvgIpc) is 2.54. The van der Waals surface area contributed by atoms with Gasteiger partial charge in [-0.1, -0.05) is 31.2 Å². The number of rotatable bonds is 4. The van der Waals surface area contributed by atoms with Crippen LogP contribution in [0.3, 0.4) is 0 Å². The van der Waals surface area contributed by atoms with Crippen LogP contribution in [0, 0.1) is 0 Å². The smallest absolute Gasteiger partial charge is 0.305 e. The molecule has 0 aliphatic heterocycles. The molecular weight excluding hydrogens is 202 g/mol. The summed E-state index contributed by atoms with van der Waals surface area (Å²) in [4.78, 5) is 10.9. The fraction of sp³-hybridized carbons (Fsp3) is 0.462. The molecule has 0 aromatic heterocycles. The Balaban J connectivity index is 2.23. The summed E-state index contributed by atoms with van der Waals surface area (Å²) in [6.45, 7) is 2.83. The first-order valence-electron chi connectivity index (χ1n) is 5.69. The van der Waals surface area contributed by atoms with Gasteiger partial charge in [0.05, 0.1) is 6.42 Å². The number of carbonyl (C=O) groups is 1. The molecule has 0 unspecified atom stereocenters. The Kier molecular flexibility index (Phi) is 2.97. The summed E-state index contributed by atoms with van der Waals surface area (Å²) in [7, 11) is 0. The number of fused-ring (bicyclic) bond motifs is 1. The third kappa shape index (κ3) is 2.09. The van der Waals surface area contributed by atoms with Crippen molar-refractivity contribution >= 4 is 5.97 Å². The molecule has 1 aromatic rings. The second-order valence-electron chi connectivity index (χ2n) is 4.50. The topological polar surface area (TPSA) is 49.3 Å². The lowest BCUT2D eigenvalue weighted by Gasteiger charge is -2.28. The maximum absolute atomic E-state index is 10.9. The van der Waals surface area contributed by atoms with E-state index in [4.69, 9.17) is 5.11 Å². The summed E-state index contributed by atoms with van der Waals surface area (Å²) in [6, 6.07) is 8.22. The Labute approximate surface area is 95.5 Å². The predicted octanol–water partition coefficient (Wildman–Crippen LogP) is 1.61. The van der Waals surface area contributed by atoms with Gasteiger partial charge in [-0.3, -0.25) is 4.79 Å². The van der Waals surface area contributed by atoms with Crippen LogP contribution in [0.15, 0.2) is 24.3 Å². The molecule has 0 radical (unpaired) electrons. The van der Waals surface area contributed by atoms with Crippen molar-refractivity contribution in [3.05, 3.63) is 35.4 Å². The quantitative estimate of drug-likeness (QED) is 0.808.